The second-order valence-electron chi connectivity index (χ2n) is 10.3. The van der Waals surface area contributed by atoms with Crippen molar-refractivity contribution < 1.29 is 48.9 Å². The average molecular weight is 601 g/mol. The van der Waals surface area contributed by atoms with Crippen LogP contribution in [-0.2, 0) is 37.9 Å². The number of carboxylic acids is 1. The molecule has 228 valence electrons. The van der Waals surface area contributed by atoms with Crippen molar-refractivity contribution in [2.45, 2.75) is 39.4 Å². The highest BCUT2D eigenvalue weighted by Gasteiger charge is 2.38. The Morgan fingerprint density at radius 3 is 1.91 bits per heavy atom. The van der Waals surface area contributed by atoms with Crippen LogP contribution >= 0.6 is 0 Å². The van der Waals surface area contributed by atoms with Crippen LogP contribution in [0.25, 0.3) is 0 Å². The zero-order chi connectivity index (χ0) is 31.9. The summed E-state index contributed by atoms with van der Waals surface area (Å²) in [5.74, 6) is -2.00. The van der Waals surface area contributed by atoms with Crippen LogP contribution < -0.4 is 9.62 Å². The summed E-state index contributed by atoms with van der Waals surface area (Å²) in [6.45, 7) is 5.52. The molecule has 1 unspecified atom stereocenters. The number of benzene rings is 4. The van der Waals surface area contributed by atoms with E-state index in [0.717, 1.165) is 16.7 Å². The van der Waals surface area contributed by atoms with Gasteiger partial charge in [-0.1, -0.05) is 59.7 Å². The van der Waals surface area contributed by atoms with E-state index in [0.29, 0.717) is 22.4 Å². The summed E-state index contributed by atoms with van der Waals surface area (Å²) in [6, 6.07) is 23.1. The molecule has 0 saturated heterocycles. The lowest BCUT2D eigenvalue weighted by Crippen LogP contribution is -2.35. The lowest BCUT2D eigenvalue weighted by Gasteiger charge is -2.28. The van der Waals surface area contributed by atoms with Crippen LogP contribution in [0.5, 0.6) is 11.5 Å². The van der Waals surface area contributed by atoms with Gasteiger partial charge in [0.25, 0.3) is 0 Å². The highest BCUT2D eigenvalue weighted by molar-refractivity contribution is 6.03. The van der Waals surface area contributed by atoms with Gasteiger partial charge in [-0.05, 0) is 79.4 Å². The van der Waals surface area contributed by atoms with Crippen LogP contribution in [0.3, 0.4) is 0 Å². The van der Waals surface area contributed by atoms with Gasteiger partial charge in [0.1, 0.15) is 24.4 Å². The molecule has 1 atom stereocenters. The van der Waals surface area contributed by atoms with Crippen LogP contribution in [0, 0.1) is 13.8 Å². The summed E-state index contributed by atoms with van der Waals surface area (Å²) in [5, 5.41) is 18.3. The van der Waals surface area contributed by atoms with Gasteiger partial charge in [0.15, 0.2) is 5.75 Å². The van der Waals surface area contributed by atoms with Crippen molar-refractivity contribution in [1.29, 1.82) is 0 Å². The molecule has 0 aliphatic carbocycles. The number of carbonyl (C=O) groups excluding carboxylic acids is 2. The number of esters is 2. The van der Waals surface area contributed by atoms with Crippen molar-refractivity contribution in [3.63, 3.8) is 0 Å². The van der Waals surface area contributed by atoms with Crippen LogP contribution in [0.4, 0.5) is 0 Å². The van der Waals surface area contributed by atoms with Crippen molar-refractivity contribution in [3.05, 3.63) is 129 Å². The monoisotopic (exact) mass is 600 g/mol. The fourth-order valence-corrected chi connectivity index (χ4v) is 4.74. The minimum Gasteiger partial charge on any atom is -0.478 e. The van der Waals surface area contributed by atoms with E-state index in [9.17, 15) is 19.5 Å². The van der Waals surface area contributed by atoms with Crippen molar-refractivity contribution in [3.8, 4) is 11.5 Å². The first kappa shape index (κ1) is 31.9. The molecule has 0 spiro atoms. The highest BCUT2D eigenvalue weighted by atomic mass is 17.2. The second-order valence-corrected chi connectivity index (χ2v) is 10.3. The van der Waals surface area contributed by atoms with Gasteiger partial charge in [-0.25, -0.2) is 14.5 Å². The number of methoxy groups -OCH3 is 1. The van der Waals surface area contributed by atoms with Crippen molar-refractivity contribution in [1.82, 2.24) is 0 Å². The lowest BCUT2D eigenvalue weighted by molar-refractivity contribution is -0.253. The van der Waals surface area contributed by atoms with Gasteiger partial charge in [-0.15, -0.1) is 0 Å². The number of rotatable bonds is 12. The number of ether oxygens (including phenoxy) is 2. The highest BCUT2D eigenvalue weighted by Crippen LogP contribution is 2.35. The minimum atomic E-state index is -1.24. The Balaban J connectivity index is 1.49. The van der Waals surface area contributed by atoms with Crippen molar-refractivity contribution >= 4 is 17.9 Å². The van der Waals surface area contributed by atoms with Gasteiger partial charge in [0.05, 0.1) is 18.2 Å². The summed E-state index contributed by atoms with van der Waals surface area (Å²) < 4.78 is 10.6. The molecule has 2 N–H and O–H groups in total. The molecule has 10 nitrogen and oxygen atoms in total. The third kappa shape index (κ3) is 7.12. The SMILES string of the molecule is COC(=O)C(C)(c1ccc(OOCc2cc(C)ccc2COO)cc1)c1ccc(OC(=O)c2cc(C)ccc2C(=O)O)cc1. The Hall–Kier alpha value is -5.03. The van der Waals surface area contributed by atoms with Crippen LogP contribution in [-0.4, -0.2) is 35.4 Å². The predicted octanol–water partition coefficient (Wildman–Crippen LogP) is 6.20. The Morgan fingerprint density at radius 2 is 1.32 bits per heavy atom. The van der Waals surface area contributed by atoms with E-state index in [1.54, 1.807) is 56.3 Å². The third-order valence-corrected chi connectivity index (χ3v) is 7.24. The van der Waals surface area contributed by atoms with Gasteiger partial charge in [-0.2, -0.15) is 4.89 Å². The summed E-state index contributed by atoms with van der Waals surface area (Å²) in [6.07, 6.45) is 0. The molecule has 0 fully saturated rings. The summed E-state index contributed by atoms with van der Waals surface area (Å²) >= 11 is 0. The number of carboxylic acid groups (broad SMARTS) is 1. The molecule has 0 saturated carbocycles. The molecule has 4 aromatic rings. The normalized spacial score (nSPS) is 12.2. The molecule has 0 radical (unpaired) electrons. The topological polar surface area (TPSA) is 138 Å². The van der Waals surface area contributed by atoms with E-state index >= 15 is 0 Å². The summed E-state index contributed by atoms with van der Waals surface area (Å²) in [5.41, 5.74) is 2.99. The smallest absolute Gasteiger partial charge is 0.344 e. The maximum Gasteiger partial charge on any atom is 0.344 e. The van der Waals surface area contributed by atoms with Gasteiger partial charge in [0, 0.05) is 0 Å². The molecule has 44 heavy (non-hydrogen) atoms. The molecule has 0 aromatic heterocycles. The second kappa shape index (κ2) is 14.0. The molecule has 4 rings (SSSR count). The first-order valence-electron chi connectivity index (χ1n) is 13.6. The predicted molar refractivity (Wildman–Crippen MR) is 158 cm³/mol. The number of hydrogen-bond acceptors (Lipinski definition) is 9. The Labute approximate surface area is 254 Å². The fourth-order valence-electron chi connectivity index (χ4n) is 4.74. The Bertz CT molecular complexity index is 1640. The zero-order valence-electron chi connectivity index (χ0n) is 24.7. The molecule has 4 aromatic carbocycles. The Kier molecular flexibility index (Phi) is 10.1. The maximum absolute atomic E-state index is 13.1. The van der Waals surface area contributed by atoms with Gasteiger partial charge in [0.2, 0.25) is 0 Å². The Morgan fingerprint density at radius 1 is 0.727 bits per heavy atom. The first-order valence-corrected chi connectivity index (χ1v) is 13.6. The van der Waals surface area contributed by atoms with Crippen molar-refractivity contribution in [2.24, 2.45) is 0 Å². The summed E-state index contributed by atoms with van der Waals surface area (Å²) in [4.78, 5) is 52.6. The largest absolute Gasteiger partial charge is 0.478 e. The van der Waals surface area contributed by atoms with Gasteiger partial charge < -0.3 is 19.5 Å². The molecule has 0 heterocycles. The fraction of sp³-hybridized carbons (Fsp3) is 0.206. The van der Waals surface area contributed by atoms with E-state index < -0.39 is 23.3 Å². The quantitative estimate of drug-likeness (QED) is 0.0837. The number of hydrogen-bond donors (Lipinski definition) is 2. The van der Waals surface area contributed by atoms with Crippen LogP contribution in [0.1, 0.15) is 61.0 Å². The molecular formula is C34H32O10. The van der Waals surface area contributed by atoms with Gasteiger partial charge in [-0.3, -0.25) is 10.1 Å². The number of aryl methyl sites for hydroxylation is 2. The zero-order valence-corrected chi connectivity index (χ0v) is 24.7. The third-order valence-electron chi connectivity index (χ3n) is 7.24. The first-order chi connectivity index (χ1) is 21.1. The summed E-state index contributed by atoms with van der Waals surface area (Å²) in [7, 11) is 1.30. The lowest BCUT2D eigenvalue weighted by atomic mass is 9.76. The van der Waals surface area contributed by atoms with E-state index in [-0.39, 0.29) is 30.1 Å². The molecule has 0 aliphatic rings. The molecule has 0 bridgehead atoms. The van der Waals surface area contributed by atoms with Crippen molar-refractivity contribution in [2.75, 3.05) is 7.11 Å². The average Bonchev–Trinajstić information content (AvgIpc) is 3.02. The van der Waals surface area contributed by atoms with E-state index in [1.165, 1.54) is 31.4 Å². The van der Waals surface area contributed by atoms with E-state index in [4.69, 9.17) is 24.5 Å². The van der Waals surface area contributed by atoms with Crippen LogP contribution in [0.15, 0.2) is 84.9 Å². The molecule has 0 amide bonds. The standard InChI is InChI=1S/C34H32O10/c1-21-5-7-23(19-41-39)24(17-21)20-42-44-28-14-10-26(11-15-28)34(3,33(38)40-4)25-8-12-27(13-9-25)43-32(37)30-18-22(2)6-16-29(30)31(35)36/h5-18,39H,19-20H2,1-4H3,(H,35,36). The maximum atomic E-state index is 13.1. The number of aromatic carboxylic acids is 1. The minimum absolute atomic E-state index is 0.0154. The van der Waals surface area contributed by atoms with Gasteiger partial charge >= 0.3 is 17.9 Å². The molecule has 0 aliphatic heterocycles. The molecule has 10 heteroatoms. The number of carbonyl (C=O) groups is 3. The molecular weight excluding hydrogens is 568 g/mol. The van der Waals surface area contributed by atoms with Crippen LogP contribution in [0.2, 0.25) is 0 Å². The van der Waals surface area contributed by atoms with E-state index in [2.05, 4.69) is 4.89 Å². The van der Waals surface area contributed by atoms with E-state index in [1.807, 2.05) is 25.1 Å².